The molecule has 1 fully saturated rings. The number of hydrogen-bond donors (Lipinski definition) is 1. The summed E-state index contributed by atoms with van der Waals surface area (Å²) in [5.74, 6) is 0.311. The maximum absolute atomic E-state index is 13.5. The number of thioether (sulfide) groups is 1. The number of halogens is 1. The van der Waals surface area contributed by atoms with Gasteiger partial charge in [-0.2, -0.15) is 0 Å². The van der Waals surface area contributed by atoms with Crippen LogP contribution in [-0.2, 0) is 43.6 Å². The van der Waals surface area contributed by atoms with Gasteiger partial charge >= 0.3 is 0 Å². The summed E-state index contributed by atoms with van der Waals surface area (Å²) in [6, 6.07) is 29.2. The molecule has 3 aromatic rings. The second-order valence-electron chi connectivity index (χ2n) is 9.31. The highest BCUT2D eigenvalue weighted by molar-refractivity contribution is 9.09. The normalized spacial score (nSPS) is 24.9. The molecule has 0 aliphatic carbocycles. The van der Waals surface area contributed by atoms with Gasteiger partial charge in [0.05, 0.1) is 31.8 Å². The number of ether oxygens (including phenoxy) is 4. The summed E-state index contributed by atoms with van der Waals surface area (Å²) in [6.07, 6.45) is -2.65. The lowest BCUT2D eigenvalue weighted by atomic mass is 9.81. The lowest BCUT2D eigenvalue weighted by molar-refractivity contribution is -0.274. The highest BCUT2D eigenvalue weighted by Gasteiger charge is 2.60. The molecule has 4 rings (SSSR count). The number of carbonyl (C=O) groups is 1. The number of carbonyl (C=O) groups excluding carboxylic acids is 1. The van der Waals surface area contributed by atoms with E-state index >= 15 is 0 Å². The maximum atomic E-state index is 13.5. The second kappa shape index (κ2) is 15.1. The van der Waals surface area contributed by atoms with E-state index in [4.69, 9.17) is 18.9 Å². The number of alkyl halides is 1. The smallest absolute Gasteiger partial charge is 0.181 e. The van der Waals surface area contributed by atoms with Gasteiger partial charge in [-0.3, -0.25) is 4.79 Å². The maximum Gasteiger partial charge on any atom is 0.181 e. The first-order valence-corrected chi connectivity index (χ1v) is 15.2. The van der Waals surface area contributed by atoms with Crippen molar-refractivity contribution < 1.29 is 28.8 Å². The van der Waals surface area contributed by atoms with Crippen molar-refractivity contribution in [3.8, 4) is 0 Å². The van der Waals surface area contributed by atoms with Crippen LogP contribution in [0, 0.1) is 0 Å². The average molecular weight is 616 g/mol. The van der Waals surface area contributed by atoms with Crippen LogP contribution in [0.5, 0.6) is 0 Å². The predicted octanol–water partition coefficient (Wildman–Crippen LogP) is 5.55. The van der Waals surface area contributed by atoms with Crippen molar-refractivity contribution in [1.82, 2.24) is 0 Å². The number of benzene rings is 3. The molecule has 6 nitrogen and oxygen atoms in total. The van der Waals surface area contributed by atoms with E-state index in [2.05, 4.69) is 15.9 Å². The molecule has 8 heteroatoms. The minimum absolute atomic E-state index is 0.0154. The number of Topliss-reactive ketones (excluding diaryl/α,β-unsaturated/α-hetero) is 1. The van der Waals surface area contributed by atoms with E-state index in [1.54, 1.807) is 11.8 Å². The first kappa shape index (κ1) is 29.9. The van der Waals surface area contributed by atoms with E-state index < -0.39 is 35.1 Å². The Labute approximate surface area is 243 Å². The highest BCUT2D eigenvalue weighted by atomic mass is 79.9. The van der Waals surface area contributed by atoms with Gasteiger partial charge in [0.15, 0.2) is 11.4 Å². The molecule has 1 aliphatic rings. The molecule has 1 heterocycles. The Bertz CT molecular complexity index is 1140. The van der Waals surface area contributed by atoms with Gasteiger partial charge in [0.1, 0.15) is 23.7 Å². The van der Waals surface area contributed by atoms with Crippen LogP contribution in [0.1, 0.15) is 23.6 Å². The molecule has 0 aromatic heterocycles. The summed E-state index contributed by atoms with van der Waals surface area (Å²) >= 11 is 4.83. The number of rotatable bonds is 14. The largest absolute Gasteiger partial charge is 0.377 e. The molecule has 0 saturated carbocycles. The molecule has 0 bridgehead atoms. The van der Waals surface area contributed by atoms with Crippen LogP contribution in [0.4, 0.5) is 0 Å². The zero-order valence-corrected chi connectivity index (χ0v) is 24.4. The third-order valence-electron chi connectivity index (χ3n) is 6.63. The molecule has 0 unspecified atom stereocenters. The van der Waals surface area contributed by atoms with Crippen LogP contribution in [0.15, 0.2) is 91.0 Å². The molecule has 208 valence electrons. The summed E-state index contributed by atoms with van der Waals surface area (Å²) in [6.45, 7) is 2.87. The molecule has 1 saturated heterocycles. The molecule has 5 atom stereocenters. The van der Waals surface area contributed by atoms with E-state index in [-0.39, 0.29) is 25.2 Å². The van der Waals surface area contributed by atoms with E-state index in [1.807, 2.05) is 97.9 Å². The molecular formula is C31H35BrO6S. The van der Waals surface area contributed by atoms with Crippen molar-refractivity contribution >= 4 is 33.5 Å². The third-order valence-corrected chi connectivity index (χ3v) is 8.18. The van der Waals surface area contributed by atoms with Crippen LogP contribution in [0.25, 0.3) is 0 Å². The summed E-state index contributed by atoms with van der Waals surface area (Å²) in [4.78, 5) is 13.5. The lowest BCUT2D eigenvalue weighted by Crippen LogP contribution is -2.71. The van der Waals surface area contributed by atoms with Crippen LogP contribution < -0.4 is 0 Å². The molecule has 39 heavy (non-hydrogen) atoms. The Kier molecular flexibility index (Phi) is 11.6. The number of ketones is 1. The Morgan fingerprint density at radius 2 is 1.38 bits per heavy atom. The lowest BCUT2D eigenvalue weighted by Gasteiger charge is -2.50. The Balaban J connectivity index is 1.63. The van der Waals surface area contributed by atoms with E-state index in [9.17, 15) is 9.90 Å². The van der Waals surface area contributed by atoms with Gasteiger partial charge in [-0.15, -0.1) is 11.8 Å². The Hall–Kier alpha value is -2.04. The number of hydrogen-bond acceptors (Lipinski definition) is 7. The standard InChI is InChI=1S/C31H35BrO6S/c1-2-39-30-28(36-20-24-14-8-4-9-15-24)29(37-21-25-16-10-5-11-17-25)31(34,26(33)18-32)27(38-30)22-35-19-23-12-6-3-7-13-23/h3-17,27-30,34H,2,18-22H2,1H3/t27-,28-,29-,30+,31+/m1/s1. The van der Waals surface area contributed by atoms with Gasteiger partial charge in [0, 0.05) is 0 Å². The molecule has 1 aliphatic heterocycles. The van der Waals surface area contributed by atoms with Gasteiger partial charge in [-0.05, 0) is 22.4 Å². The second-order valence-corrected chi connectivity index (χ2v) is 11.2. The van der Waals surface area contributed by atoms with Crippen molar-refractivity contribution in [3.05, 3.63) is 108 Å². The third kappa shape index (κ3) is 7.79. The molecule has 0 radical (unpaired) electrons. The van der Waals surface area contributed by atoms with Crippen molar-refractivity contribution in [1.29, 1.82) is 0 Å². The summed E-state index contributed by atoms with van der Waals surface area (Å²) in [5, 5.41) is 12.1. The topological polar surface area (TPSA) is 74.2 Å². The molecule has 3 aromatic carbocycles. The summed E-state index contributed by atoms with van der Waals surface area (Å²) < 4.78 is 25.2. The average Bonchev–Trinajstić information content (AvgIpc) is 2.98. The van der Waals surface area contributed by atoms with Crippen molar-refractivity contribution in [2.45, 2.75) is 56.1 Å². The van der Waals surface area contributed by atoms with Crippen LogP contribution >= 0.6 is 27.7 Å². The zero-order valence-electron chi connectivity index (χ0n) is 22.0. The minimum atomic E-state index is -2.00. The SMILES string of the molecule is CCS[C@@H]1O[C@H](COCc2ccccc2)[C@@](O)(C(=O)CBr)[C@H](OCc2ccccc2)[C@H]1OCc1ccccc1. The van der Waals surface area contributed by atoms with Gasteiger partial charge in [-0.1, -0.05) is 114 Å². The molecule has 0 spiro atoms. The Morgan fingerprint density at radius 1 is 0.872 bits per heavy atom. The highest BCUT2D eigenvalue weighted by Crippen LogP contribution is 2.40. The first-order valence-electron chi connectivity index (χ1n) is 13.1. The van der Waals surface area contributed by atoms with Gasteiger partial charge in [0.25, 0.3) is 0 Å². The van der Waals surface area contributed by atoms with E-state index in [0.29, 0.717) is 6.61 Å². The fourth-order valence-electron chi connectivity index (χ4n) is 4.60. The van der Waals surface area contributed by atoms with Crippen LogP contribution in [-0.4, -0.2) is 57.9 Å². The van der Waals surface area contributed by atoms with E-state index in [0.717, 1.165) is 22.4 Å². The fourth-order valence-corrected chi connectivity index (χ4v) is 6.00. The van der Waals surface area contributed by atoms with Gasteiger partial charge in [0.2, 0.25) is 0 Å². The quantitative estimate of drug-likeness (QED) is 0.239. The molecule has 1 N–H and O–H groups in total. The fraction of sp³-hybridized carbons (Fsp3) is 0.387. The van der Waals surface area contributed by atoms with Crippen molar-refractivity contribution in [3.63, 3.8) is 0 Å². The van der Waals surface area contributed by atoms with Crippen LogP contribution in [0.2, 0.25) is 0 Å². The monoisotopic (exact) mass is 614 g/mol. The van der Waals surface area contributed by atoms with Gasteiger partial charge < -0.3 is 24.1 Å². The Morgan fingerprint density at radius 3 is 1.90 bits per heavy atom. The molecule has 0 amide bonds. The summed E-state index contributed by atoms with van der Waals surface area (Å²) in [7, 11) is 0. The van der Waals surface area contributed by atoms with Gasteiger partial charge in [-0.25, -0.2) is 0 Å². The molecular weight excluding hydrogens is 580 g/mol. The van der Waals surface area contributed by atoms with E-state index in [1.165, 1.54) is 0 Å². The zero-order chi connectivity index (χ0) is 27.5. The summed E-state index contributed by atoms with van der Waals surface area (Å²) in [5.41, 5.74) is 0.415. The predicted molar refractivity (Wildman–Crippen MR) is 157 cm³/mol. The first-order chi connectivity index (χ1) is 19.1. The number of aliphatic hydroxyl groups is 1. The van der Waals surface area contributed by atoms with Crippen LogP contribution in [0.3, 0.4) is 0 Å². The minimum Gasteiger partial charge on any atom is -0.377 e. The van der Waals surface area contributed by atoms with Crippen molar-refractivity contribution in [2.75, 3.05) is 17.7 Å². The van der Waals surface area contributed by atoms with Crippen molar-refractivity contribution in [2.24, 2.45) is 0 Å².